The Labute approximate surface area is 268 Å². The highest BCUT2D eigenvalue weighted by atomic mass is 35.5. The average molecular weight is 638 g/mol. The number of amides is 1. The summed E-state index contributed by atoms with van der Waals surface area (Å²) in [5.41, 5.74) is 4.33. The number of hydrogen-bond donors (Lipinski definition) is 1. The zero-order valence-corrected chi connectivity index (χ0v) is 26.6. The van der Waals surface area contributed by atoms with Gasteiger partial charge in [0.1, 0.15) is 24.1 Å². The molecule has 6 rings (SSSR count). The quantitative estimate of drug-likeness (QED) is 0.271. The Balaban J connectivity index is 1.21. The van der Waals surface area contributed by atoms with E-state index < -0.39 is 18.1 Å². The minimum absolute atomic E-state index is 0.183. The number of nitrogens with zero attached hydrogens (tertiary/aromatic N) is 2. The van der Waals surface area contributed by atoms with E-state index >= 15 is 0 Å². The van der Waals surface area contributed by atoms with Gasteiger partial charge in [-0.25, -0.2) is 0 Å². The van der Waals surface area contributed by atoms with Crippen LogP contribution in [0.4, 0.5) is 5.69 Å². The third kappa shape index (κ3) is 6.15. The summed E-state index contributed by atoms with van der Waals surface area (Å²) < 4.78 is 12.3. The molecule has 3 atom stereocenters. The summed E-state index contributed by atoms with van der Waals surface area (Å²) in [6.07, 6.45) is 6.57. The molecule has 0 aromatic heterocycles. The molecule has 1 aliphatic carbocycles. The van der Waals surface area contributed by atoms with Crippen LogP contribution in [0.3, 0.4) is 0 Å². The Morgan fingerprint density at radius 3 is 2.45 bits per heavy atom. The lowest BCUT2D eigenvalue weighted by atomic mass is 9.80. The van der Waals surface area contributed by atoms with Crippen molar-refractivity contribution in [2.75, 3.05) is 11.9 Å². The highest BCUT2D eigenvalue weighted by molar-refractivity contribution is 6.42. The van der Waals surface area contributed by atoms with E-state index in [1.165, 1.54) is 19.3 Å². The first kappa shape index (κ1) is 30.8. The number of hydrogen-bond acceptors (Lipinski definition) is 5. The first-order valence-corrected chi connectivity index (χ1v) is 16.2. The molecule has 2 heterocycles. The van der Waals surface area contributed by atoms with Crippen LogP contribution in [0.5, 0.6) is 11.5 Å². The molecular formula is C35H38Cl2N2O5. The van der Waals surface area contributed by atoms with Crippen LogP contribution in [0.15, 0.2) is 54.6 Å². The molecule has 3 aromatic rings. The zero-order valence-electron chi connectivity index (χ0n) is 25.1. The molecule has 2 aliphatic heterocycles. The molecule has 1 amide bonds. The molecule has 1 fully saturated rings. The number of fused-ring (bicyclic) bond motifs is 2. The van der Waals surface area contributed by atoms with Gasteiger partial charge in [-0.05, 0) is 84.7 Å². The van der Waals surface area contributed by atoms with Gasteiger partial charge in [0.15, 0.2) is 0 Å². The molecule has 0 saturated heterocycles. The van der Waals surface area contributed by atoms with Crippen molar-refractivity contribution in [3.63, 3.8) is 0 Å². The fourth-order valence-electron chi connectivity index (χ4n) is 7.13. The van der Waals surface area contributed by atoms with Crippen molar-refractivity contribution in [1.82, 2.24) is 4.90 Å². The number of aliphatic carboxylic acids is 1. The number of carboxylic acids is 1. The third-order valence-electron chi connectivity index (χ3n) is 9.50. The predicted molar refractivity (Wildman–Crippen MR) is 172 cm³/mol. The number of ether oxygens (including phenoxy) is 2. The van der Waals surface area contributed by atoms with E-state index in [0.717, 1.165) is 41.5 Å². The average Bonchev–Trinajstić information content (AvgIpc) is 3.03. The second kappa shape index (κ2) is 13.0. The summed E-state index contributed by atoms with van der Waals surface area (Å²) in [6.45, 7) is 3.07. The Kier molecular flexibility index (Phi) is 9.08. The number of rotatable bonds is 8. The second-order valence-corrected chi connectivity index (χ2v) is 13.0. The minimum atomic E-state index is -0.799. The van der Waals surface area contributed by atoms with Gasteiger partial charge in [0, 0.05) is 25.2 Å². The van der Waals surface area contributed by atoms with E-state index in [2.05, 4.69) is 11.8 Å². The fraction of sp³-hybridized carbons (Fsp3) is 0.429. The molecule has 3 aliphatic rings. The number of carbonyl (C=O) groups excluding carboxylic acids is 1. The van der Waals surface area contributed by atoms with E-state index in [0.29, 0.717) is 52.7 Å². The molecule has 9 heteroatoms. The van der Waals surface area contributed by atoms with Crippen LogP contribution in [-0.2, 0) is 29.2 Å². The summed E-state index contributed by atoms with van der Waals surface area (Å²) in [7, 11) is 1.75. The van der Waals surface area contributed by atoms with Crippen molar-refractivity contribution in [1.29, 1.82) is 0 Å². The van der Waals surface area contributed by atoms with Gasteiger partial charge in [-0.1, -0.05) is 67.6 Å². The highest BCUT2D eigenvalue weighted by Crippen LogP contribution is 2.43. The molecule has 0 spiro atoms. The Morgan fingerprint density at radius 1 is 1.02 bits per heavy atom. The number of likely N-dealkylation sites (N-methyl/N-ethyl adjacent to an activating group) is 1. The van der Waals surface area contributed by atoms with Crippen molar-refractivity contribution in [3.05, 3.63) is 86.9 Å². The van der Waals surface area contributed by atoms with Gasteiger partial charge in [-0.15, -0.1) is 0 Å². The third-order valence-corrected chi connectivity index (χ3v) is 10.2. The molecule has 7 nitrogen and oxygen atoms in total. The molecule has 1 saturated carbocycles. The van der Waals surface area contributed by atoms with Crippen molar-refractivity contribution >= 4 is 40.8 Å². The fourth-order valence-corrected chi connectivity index (χ4v) is 7.45. The topological polar surface area (TPSA) is 79.3 Å². The van der Waals surface area contributed by atoms with Crippen LogP contribution < -0.4 is 14.4 Å². The molecule has 0 bridgehead atoms. The van der Waals surface area contributed by atoms with Crippen LogP contribution >= 0.6 is 23.2 Å². The van der Waals surface area contributed by atoms with E-state index in [4.69, 9.17) is 32.7 Å². The molecular weight excluding hydrogens is 599 g/mol. The predicted octanol–water partition coefficient (Wildman–Crippen LogP) is 7.84. The van der Waals surface area contributed by atoms with Crippen LogP contribution in [0.2, 0.25) is 10.0 Å². The first-order chi connectivity index (χ1) is 21.2. The Hall–Kier alpha value is -3.26. The maximum atomic E-state index is 13.5. The van der Waals surface area contributed by atoms with Crippen LogP contribution in [0.1, 0.15) is 73.8 Å². The molecule has 3 aromatic carbocycles. The van der Waals surface area contributed by atoms with Gasteiger partial charge in [0.05, 0.1) is 15.7 Å². The van der Waals surface area contributed by atoms with Crippen LogP contribution in [0, 0.1) is 5.92 Å². The van der Waals surface area contributed by atoms with E-state index in [9.17, 15) is 14.7 Å². The van der Waals surface area contributed by atoms with E-state index in [1.54, 1.807) is 24.1 Å². The summed E-state index contributed by atoms with van der Waals surface area (Å²) in [6, 6.07) is 16.3. The molecule has 44 heavy (non-hydrogen) atoms. The van der Waals surface area contributed by atoms with E-state index in [1.807, 2.05) is 42.5 Å². The van der Waals surface area contributed by atoms with Crippen molar-refractivity contribution < 1.29 is 24.2 Å². The van der Waals surface area contributed by atoms with Crippen LogP contribution in [-0.4, -0.2) is 41.0 Å². The number of carbonyl (C=O) groups is 2. The smallest absolute Gasteiger partial charge is 0.321 e. The number of benzene rings is 3. The van der Waals surface area contributed by atoms with Crippen molar-refractivity contribution in [2.24, 2.45) is 5.92 Å². The van der Waals surface area contributed by atoms with Gasteiger partial charge in [0.25, 0.3) is 5.91 Å². The maximum Gasteiger partial charge on any atom is 0.321 e. The van der Waals surface area contributed by atoms with Gasteiger partial charge < -0.3 is 19.5 Å². The van der Waals surface area contributed by atoms with Crippen molar-refractivity contribution in [3.8, 4) is 11.5 Å². The lowest BCUT2D eigenvalue weighted by Gasteiger charge is -2.44. The normalized spacial score (nSPS) is 21.3. The van der Waals surface area contributed by atoms with Crippen LogP contribution in [0.25, 0.3) is 0 Å². The maximum absolute atomic E-state index is 13.5. The SMILES string of the molecule is CC[C@H](C1CCCCC1)N1Cc2cc3c(cc2C[C@H]1C(=O)O)N(C)C(=O)[C@@H](c1ccc(OCc2ccc(Cl)c(Cl)c2)cc1)O3. The first-order valence-electron chi connectivity index (χ1n) is 15.5. The second-order valence-electron chi connectivity index (χ2n) is 12.2. The lowest BCUT2D eigenvalue weighted by molar-refractivity contribution is -0.146. The van der Waals surface area contributed by atoms with Crippen molar-refractivity contribution in [2.45, 2.75) is 83.2 Å². The lowest BCUT2D eigenvalue weighted by Crippen LogP contribution is -2.53. The van der Waals surface area contributed by atoms with E-state index in [-0.39, 0.29) is 11.9 Å². The largest absolute Gasteiger partial charge is 0.489 e. The molecule has 0 radical (unpaired) electrons. The summed E-state index contributed by atoms with van der Waals surface area (Å²) in [5, 5.41) is 11.2. The number of carboxylic acid groups (broad SMARTS) is 1. The minimum Gasteiger partial charge on any atom is -0.489 e. The highest BCUT2D eigenvalue weighted by Gasteiger charge is 2.40. The van der Waals surface area contributed by atoms with Gasteiger partial charge in [0.2, 0.25) is 6.10 Å². The van der Waals surface area contributed by atoms with Gasteiger partial charge in [-0.3, -0.25) is 14.5 Å². The standard InChI is InChI=1S/C35H38Cl2N2O5/c1-3-29(22-7-5-4-6-8-22)39-19-25-18-32-30(16-24(25)17-31(39)35(41)42)38(2)34(40)33(44-32)23-10-12-26(13-11-23)43-20-21-9-14-27(36)28(37)15-21/h9-16,18,22,29,31,33H,3-8,17,19-20H2,1-2H3,(H,41,42)/t29-,31+,33-/m1/s1. The Bertz CT molecular complexity index is 1540. The number of halogens is 2. The van der Waals surface area contributed by atoms with Gasteiger partial charge in [-0.2, -0.15) is 0 Å². The summed E-state index contributed by atoms with van der Waals surface area (Å²) >= 11 is 12.1. The summed E-state index contributed by atoms with van der Waals surface area (Å²) in [4.78, 5) is 29.8. The zero-order chi connectivity index (χ0) is 31.0. The van der Waals surface area contributed by atoms with Gasteiger partial charge >= 0.3 is 5.97 Å². The molecule has 0 unspecified atom stereocenters. The monoisotopic (exact) mass is 636 g/mol. The summed E-state index contributed by atoms with van der Waals surface area (Å²) in [5.74, 6) is 0.845. The molecule has 1 N–H and O–H groups in total. The Morgan fingerprint density at radius 2 is 1.77 bits per heavy atom. The molecule has 232 valence electrons. The number of anilines is 1.